The number of para-hydroxylation sites is 1. The van der Waals surface area contributed by atoms with Crippen LogP contribution in [-0.2, 0) is 20.7 Å². The Bertz CT molecular complexity index is 844. The molecule has 27 heavy (non-hydrogen) atoms. The lowest BCUT2D eigenvalue weighted by Gasteiger charge is -2.17. The maximum atomic E-state index is 12.4. The molecular formula is C22H25NO4. The van der Waals surface area contributed by atoms with Crippen LogP contribution >= 0.6 is 0 Å². The van der Waals surface area contributed by atoms with Crippen LogP contribution in [0, 0.1) is 6.92 Å². The van der Waals surface area contributed by atoms with Gasteiger partial charge < -0.3 is 14.4 Å². The number of hydrogen-bond acceptors (Lipinski definition) is 4. The van der Waals surface area contributed by atoms with E-state index in [1.54, 1.807) is 4.90 Å². The molecule has 0 radical (unpaired) electrons. The van der Waals surface area contributed by atoms with Crippen LogP contribution in [0.15, 0.2) is 42.5 Å². The van der Waals surface area contributed by atoms with Gasteiger partial charge in [-0.15, -0.1) is 0 Å². The first-order valence-corrected chi connectivity index (χ1v) is 9.23. The zero-order valence-corrected chi connectivity index (χ0v) is 16.0. The van der Waals surface area contributed by atoms with Gasteiger partial charge in [0.1, 0.15) is 5.75 Å². The molecule has 142 valence electrons. The summed E-state index contributed by atoms with van der Waals surface area (Å²) in [6.07, 6.45) is 0.824. The third-order valence-corrected chi connectivity index (χ3v) is 4.68. The molecule has 5 nitrogen and oxygen atoms in total. The standard InChI is InChI=1S/C22H25NO4/c1-15(2)18-9-8-16(3)12-20(18)26-14-22(25)27-13-21(24)23-11-10-17-6-4-5-7-19(17)23/h4-9,12,15H,10-11,13-14H2,1-3H3. The van der Waals surface area contributed by atoms with Crippen molar-refractivity contribution in [2.24, 2.45) is 0 Å². The third-order valence-electron chi connectivity index (χ3n) is 4.68. The minimum Gasteiger partial charge on any atom is -0.482 e. The van der Waals surface area contributed by atoms with Crippen LogP contribution in [0.25, 0.3) is 0 Å². The van der Waals surface area contributed by atoms with Gasteiger partial charge in [-0.3, -0.25) is 4.79 Å². The quantitative estimate of drug-likeness (QED) is 0.732. The van der Waals surface area contributed by atoms with E-state index in [0.717, 1.165) is 28.8 Å². The number of aryl methyl sites for hydroxylation is 1. The molecule has 1 aliphatic heterocycles. The number of fused-ring (bicyclic) bond motifs is 1. The second-order valence-electron chi connectivity index (χ2n) is 7.07. The van der Waals surface area contributed by atoms with Gasteiger partial charge in [-0.1, -0.05) is 44.2 Å². The summed E-state index contributed by atoms with van der Waals surface area (Å²) in [5.41, 5.74) is 4.14. The van der Waals surface area contributed by atoms with E-state index in [1.807, 2.05) is 49.4 Å². The number of carbonyl (C=O) groups is 2. The highest BCUT2D eigenvalue weighted by Crippen LogP contribution is 2.28. The Kier molecular flexibility index (Phi) is 5.79. The Hall–Kier alpha value is -2.82. The van der Waals surface area contributed by atoms with Gasteiger partial charge in [0, 0.05) is 12.2 Å². The molecule has 0 bridgehead atoms. The highest BCUT2D eigenvalue weighted by atomic mass is 16.6. The fraction of sp³-hybridized carbons (Fsp3) is 0.364. The predicted octanol–water partition coefficient (Wildman–Crippen LogP) is 3.63. The van der Waals surface area contributed by atoms with E-state index in [4.69, 9.17) is 9.47 Å². The summed E-state index contributed by atoms with van der Waals surface area (Å²) in [5.74, 6) is 0.203. The minimum absolute atomic E-state index is 0.215. The molecule has 0 atom stereocenters. The fourth-order valence-electron chi connectivity index (χ4n) is 3.24. The van der Waals surface area contributed by atoms with Gasteiger partial charge in [0.25, 0.3) is 5.91 Å². The Morgan fingerprint density at radius 3 is 2.67 bits per heavy atom. The molecule has 0 saturated carbocycles. The average molecular weight is 367 g/mol. The van der Waals surface area contributed by atoms with Crippen molar-refractivity contribution >= 4 is 17.6 Å². The number of hydrogen-bond donors (Lipinski definition) is 0. The Balaban J connectivity index is 1.52. The van der Waals surface area contributed by atoms with E-state index in [2.05, 4.69) is 13.8 Å². The summed E-state index contributed by atoms with van der Waals surface area (Å²) in [6, 6.07) is 13.7. The van der Waals surface area contributed by atoms with Crippen LogP contribution in [0.3, 0.4) is 0 Å². The van der Waals surface area contributed by atoms with Crippen molar-refractivity contribution in [3.63, 3.8) is 0 Å². The lowest BCUT2D eigenvalue weighted by atomic mass is 10.0. The van der Waals surface area contributed by atoms with Crippen molar-refractivity contribution in [2.45, 2.75) is 33.1 Å². The van der Waals surface area contributed by atoms with Gasteiger partial charge >= 0.3 is 5.97 Å². The summed E-state index contributed by atoms with van der Waals surface area (Å²) < 4.78 is 10.8. The van der Waals surface area contributed by atoms with E-state index in [1.165, 1.54) is 0 Å². The molecule has 0 spiro atoms. The Morgan fingerprint density at radius 2 is 1.89 bits per heavy atom. The maximum Gasteiger partial charge on any atom is 0.344 e. The van der Waals surface area contributed by atoms with E-state index in [0.29, 0.717) is 12.3 Å². The molecule has 0 aromatic heterocycles. The topological polar surface area (TPSA) is 55.8 Å². The van der Waals surface area contributed by atoms with E-state index in [-0.39, 0.29) is 25.0 Å². The molecule has 1 amide bonds. The first-order chi connectivity index (χ1) is 13.0. The molecular weight excluding hydrogens is 342 g/mol. The number of nitrogens with zero attached hydrogens (tertiary/aromatic N) is 1. The summed E-state index contributed by atoms with van der Waals surface area (Å²) in [4.78, 5) is 26.1. The van der Waals surface area contributed by atoms with Crippen molar-refractivity contribution in [1.29, 1.82) is 0 Å². The molecule has 0 fully saturated rings. The predicted molar refractivity (Wildman–Crippen MR) is 104 cm³/mol. The second-order valence-corrected chi connectivity index (χ2v) is 7.07. The molecule has 3 rings (SSSR count). The van der Waals surface area contributed by atoms with Gasteiger partial charge in [0.05, 0.1) is 0 Å². The highest BCUT2D eigenvalue weighted by molar-refractivity contribution is 5.97. The van der Waals surface area contributed by atoms with Crippen LogP contribution < -0.4 is 9.64 Å². The lowest BCUT2D eigenvalue weighted by molar-refractivity contribution is -0.149. The van der Waals surface area contributed by atoms with Gasteiger partial charge in [-0.05, 0) is 48.1 Å². The number of amides is 1. The van der Waals surface area contributed by atoms with Crippen LogP contribution in [0.4, 0.5) is 5.69 Å². The number of esters is 1. The van der Waals surface area contributed by atoms with E-state index in [9.17, 15) is 9.59 Å². The van der Waals surface area contributed by atoms with Crippen molar-refractivity contribution in [2.75, 3.05) is 24.7 Å². The lowest BCUT2D eigenvalue weighted by Crippen LogP contribution is -2.33. The molecule has 2 aromatic carbocycles. The number of ether oxygens (including phenoxy) is 2. The molecule has 1 heterocycles. The first kappa shape index (κ1) is 19.0. The zero-order valence-electron chi connectivity index (χ0n) is 16.0. The smallest absolute Gasteiger partial charge is 0.344 e. The van der Waals surface area contributed by atoms with Crippen LogP contribution in [0.2, 0.25) is 0 Å². The number of anilines is 1. The van der Waals surface area contributed by atoms with Gasteiger partial charge in [0.2, 0.25) is 0 Å². The number of rotatable bonds is 6. The SMILES string of the molecule is Cc1ccc(C(C)C)c(OCC(=O)OCC(=O)N2CCc3ccccc32)c1. The largest absolute Gasteiger partial charge is 0.482 e. The number of benzene rings is 2. The molecule has 1 aliphatic rings. The van der Waals surface area contributed by atoms with Crippen LogP contribution in [-0.4, -0.2) is 31.6 Å². The summed E-state index contributed by atoms with van der Waals surface area (Å²) in [5, 5.41) is 0. The minimum atomic E-state index is -0.549. The second kappa shape index (κ2) is 8.25. The van der Waals surface area contributed by atoms with Gasteiger partial charge in [0.15, 0.2) is 13.2 Å². The molecule has 0 saturated heterocycles. The number of carbonyl (C=O) groups excluding carboxylic acids is 2. The molecule has 5 heteroatoms. The van der Waals surface area contributed by atoms with E-state index < -0.39 is 5.97 Å². The normalized spacial score (nSPS) is 12.8. The molecule has 2 aromatic rings. The van der Waals surface area contributed by atoms with Crippen molar-refractivity contribution < 1.29 is 19.1 Å². The van der Waals surface area contributed by atoms with Crippen molar-refractivity contribution in [1.82, 2.24) is 0 Å². The first-order valence-electron chi connectivity index (χ1n) is 9.23. The van der Waals surface area contributed by atoms with Crippen molar-refractivity contribution in [3.8, 4) is 5.75 Å². The maximum absolute atomic E-state index is 12.4. The monoisotopic (exact) mass is 367 g/mol. The Morgan fingerprint density at radius 1 is 1.11 bits per heavy atom. The van der Waals surface area contributed by atoms with Crippen LogP contribution in [0.1, 0.15) is 36.5 Å². The average Bonchev–Trinajstić information content (AvgIpc) is 3.08. The summed E-state index contributed by atoms with van der Waals surface area (Å²) in [6.45, 7) is 6.24. The highest BCUT2D eigenvalue weighted by Gasteiger charge is 2.25. The van der Waals surface area contributed by atoms with Crippen LogP contribution in [0.5, 0.6) is 5.75 Å². The zero-order chi connectivity index (χ0) is 19.4. The van der Waals surface area contributed by atoms with Crippen molar-refractivity contribution in [3.05, 3.63) is 59.2 Å². The van der Waals surface area contributed by atoms with Gasteiger partial charge in [-0.25, -0.2) is 4.79 Å². The van der Waals surface area contributed by atoms with E-state index >= 15 is 0 Å². The fourth-order valence-corrected chi connectivity index (χ4v) is 3.24. The summed E-state index contributed by atoms with van der Waals surface area (Å²) in [7, 11) is 0. The summed E-state index contributed by atoms with van der Waals surface area (Å²) >= 11 is 0. The molecule has 0 unspecified atom stereocenters. The molecule has 0 N–H and O–H groups in total. The molecule has 0 aliphatic carbocycles. The Labute approximate surface area is 159 Å². The third kappa shape index (κ3) is 4.48. The van der Waals surface area contributed by atoms with Gasteiger partial charge in [-0.2, -0.15) is 0 Å².